The van der Waals surface area contributed by atoms with Crippen LogP contribution in [0.3, 0.4) is 0 Å². The average molecular weight is 700 g/mol. The van der Waals surface area contributed by atoms with E-state index in [0.29, 0.717) is 22.2 Å². The van der Waals surface area contributed by atoms with Gasteiger partial charge < -0.3 is 40.1 Å². The van der Waals surface area contributed by atoms with Gasteiger partial charge in [0.25, 0.3) is 11.6 Å². The Labute approximate surface area is 274 Å². The summed E-state index contributed by atoms with van der Waals surface area (Å²) in [5.74, 6) is -3.96. The van der Waals surface area contributed by atoms with Crippen molar-refractivity contribution in [2.45, 2.75) is 55.5 Å². The number of amides is 1. The Morgan fingerprint density at radius 3 is 2.57 bits per heavy atom. The second kappa shape index (κ2) is 14.5. The number of tetrazole rings is 1. The number of H-pyrrole nitrogens is 1. The van der Waals surface area contributed by atoms with Crippen molar-refractivity contribution >= 4 is 70.5 Å². The van der Waals surface area contributed by atoms with Crippen LogP contribution in [-0.2, 0) is 62.8 Å². The van der Waals surface area contributed by atoms with Gasteiger partial charge in [0, 0.05) is 57.8 Å². The van der Waals surface area contributed by atoms with Crippen LogP contribution in [0.1, 0.15) is 25.4 Å². The van der Waals surface area contributed by atoms with E-state index in [2.05, 4.69) is 30.8 Å². The van der Waals surface area contributed by atoms with Gasteiger partial charge in [-0.2, -0.15) is 0 Å². The molecule has 2 aliphatic heterocycles. The quantitative estimate of drug-likeness (QED) is 0.0581. The molecule has 2 aromatic rings. The molecule has 46 heavy (non-hydrogen) atoms. The number of carbonyl (C=O) groups is 5. The van der Waals surface area contributed by atoms with E-state index in [-0.39, 0.29) is 35.0 Å². The average Bonchev–Trinajstić information content (AvgIpc) is 3.60. The summed E-state index contributed by atoms with van der Waals surface area (Å²) in [6.45, 7) is 0.0588. The van der Waals surface area contributed by atoms with Gasteiger partial charge in [-0.25, -0.2) is 14.5 Å². The number of aromatic amines is 1. The van der Waals surface area contributed by atoms with Crippen LogP contribution in [0.15, 0.2) is 22.6 Å². The third-order valence-corrected chi connectivity index (χ3v) is 9.12. The van der Waals surface area contributed by atoms with Gasteiger partial charge in [0.05, 0.1) is 11.4 Å². The molecule has 22 heteroatoms. The summed E-state index contributed by atoms with van der Waals surface area (Å²) in [7, 11) is 2.94. The Balaban J connectivity index is 1.56. The lowest BCUT2D eigenvalue weighted by molar-refractivity contribution is -0.255. The van der Waals surface area contributed by atoms with Gasteiger partial charge in [-0.15, -0.1) is 16.9 Å². The van der Waals surface area contributed by atoms with Gasteiger partial charge in [0.2, 0.25) is 5.16 Å². The maximum Gasteiger partial charge on any atom is 0.413 e. The predicted molar refractivity (Wildman–Crippen MR) is 160 cm³/mol. The van der Waals surface area contributed by atoms with Crippen LogP contribution in [0.25, 0.3) is 0 Å². The molecule has 1 saturated heterocycles. The smallest absolute Gasteiger partial charge is 0.413 e. The number of rotatable bonds is 14. The number of ether oxygens (including phenoxy) is 4. The number of thiocarbonyl (C=S) groups is 1. The van der Waals surface area contributed by atoms with Gasteiger partial charge in [-0.05, 0) is 16.0 Å². The van der Waals surface area contributed by atoms with E-state index in [1.807, 2.05) is 0 Å². The van der Waals surface area contributed by atoms with Crippen LogP contribution in [0, 0.1) is 0 Å². The fourth-order valence-electron chi connectivity index (χ4n) is 4.35. The summed E-state index contributed by atoms with van der Waals surface area (Å²) >= 11 is 7.98. The van der Waals surface area contributed by atoms with Crippen molar-refractivity contribution in [1.82, 2.24) is 40.4 Å². The number of fused-ring (bicyclic) bond motifs is 1. The monoisotopic (exact) mass is 699 g/mol. The summed E-state index contributed by atoms with van der Waals surface area (Å²) in [6.07, 6.45) is 1.50. The fraction of sp³-hybridized carbons (Fsp3) is 0.500. The van der Waals surface area contributed by atoms with Crippen molar-refractivity contribution in [2.24, 2.45) is 12.8 Å². The number of nitrogens with one attached hydrogen (secondary N) is 2. The second-order valence-corrected chi connectivity index (χ2v) is 12.2. The number of carbonyl (C=O) groups excluding carboxylic acids is 4. The molecular weight excluding hydrogens is 671 g/mol. The molecule has 0 aromatic carbocycles. The minimum absolute atomic E-state index is 0.0193. The SMILES string of the molecule is CO[C@@]1(NC(=S)Cc2ncc(CC(N)C(=O)O)[nH]2)C(=O)N2C(C(=O)OC(OC(C)=O)OC(C)=O)=C(CSc3nnnn3C)CS[C@H]21. The maximum absolute atomic E-state index is 13.8. The molecule has 3 atom stereocenters. The molecule has 0 saturated carbocycles. The third-order valence-electron chi connectivity index (χ3n) is 6.40. The lowest BCUT2D eigenvalue weighted by atomic mass is 9.98. The zero-order valence-corrected chi connectivity index (χ0v) is 27.2. The standard InChI is InChI=1S/C24H29N9O10S3/c1-10(34)41-23(42-11(2)35)43-19(38)17-12(9-46-22-29-30-31-32(22)3)8-45-21-24(40-4,20(39)33(17)21)28-16(44)6-15-26-7-13(27-15)5-14(25)18(36)37/h7,14,21,23H,5-6,8-9,25H2,1-4H3,(H,26,27)(H,28,44)(H,36,37)/t14?,21-,24-/m0/s1. The number of methoxy groups -OCH3 is 1. The molecule has 1 unspecified atom stereocenters. The Hall–Kier alpha value is -4.12. The number of aliphatic carboxylic acids is 1. The molecule has 0 aliphatic carbocycles. The zero-order valence-electron chi connectivity index (χ0n) is 24.7. The highest BCUT2D eigenvalue weighted by Crippen LogP contribution is 2.47. The fourth-order valence-corrected chi connectivity index (χ4v) is 7.07. The number of nitrogens with two attached hydrogens (primary N) is 1. The topological polar surface area (TPSA) is 256 Å². The molecule has 0 spiro atoms. The first-order chi connectivity index (χ1) is 21.7. The van der Waals surface area contributed by atoms with Gasteiger partial charge in [-0.1, -0.05) is 24.0 Å². The van der Waals surface area contributed by atoms with E-state index >= 15 is 0 Å². The summed E-state index contributed by atoms with van der Waals surface area (Å²) in [5.41, 5.74) is 4.66. The minimum Gasteiger partial charge on any atom is -0.480 e. The summed E-state index contributed by atoms with van der Waals surface area (Å²) < 4.78 is 21.9. The molecule has 2 aliphatic rings. The lowest BCUT2D eigenvalue weighted by Gasteiger charge is -2.56. The Morgan fingerprint density at radius 2 is 1.98 bits per heavy atom. The van der Waals surface area contributed by atoms with Crippen molar-refractivity contribution in [1.29, 1.82) is 0 Å². The lowest BCUT2D eigenvalue weighted by Crippen LogP contribution is -2.80. The zero-order chi connectivity index (χ0) is 33.8. The van der Waals surface area contributed by atoms with E-state index in [9.17, 15) is 24.0 Å². The van der Waals surface area contributed by atoms with Crippen LogP contribution in [0.2, 0.25) is 0 Å². The molecule has 5 N–H and O–H groups in total. The number of esters is 3. The van der Waals surface area contributed by atoms with E-state index < -0.39 is 53.4 Å². The van der Waals surface area contributed by atoms with Crippen molar-refractivity contribution in [3.8, 4) is 0 Å². The number of hydrogen-bond acceptors (Lipinski definition) is 17. The van der Waals surface area contributed by atoms with E-state index in [4.69, 9.17) is 42.0 Å². The number of hydrogen-bond donors (Lipinski definition) is 4. The first-order valence-electron chi connectivity index (χ1n) is 13.2. The molecular formula is C24H29N9O10S3. The molecule has 248 valence electrons. The van der Waals surface area contributed by atoms with E-state index in [1.54, 1.807) is 7.05 Å². The van der Waals surface area contributed by atoms with Crippen LogP contribution in [0.5, 0.6) is 0 Å². The normalized spacial score (nSPS) is 19.7. The van der Waals surface area contributed by atoms with Crippen LogP contribution in [0.4, 0.5) is 0 Å². The van der Waals surface area contributed by atoms with Gasteiger partial charge >= 0.3 is 30.4 Å². The number of carboxylic acids is 1. The molecule has 0 radical (unpaired) electrons. The van der Waals surface area contributed by atoms with Crippen molar-refractivity contribution in [3.63, 3.8) is 0 Å². The Kier molecular flexibility index (Phi) is 11.0. The number of aromatic nitrogens is 6. The molecule has 2 aromatic heterocycles. The molecule has 4 heterocycles. The van der Waals surface area contributed by atoms with Crippen LogP contribution < -0.4 is 11.1 Å². The van der Waals surface area contributed by atoms with Gasteiger partial charge in [0.15, 0.2) is 0 Å². The number of β-lactam (4-membered cyclic amide) rings is 1. The van der Waals surface area contributed by atoms with E-state index in [0.717, 1.165) is 18.7 Å². The van der Waals surface area contributed by atoms with Crippen LogP contribution >= 0.6 is 35.7 Å². The second-order valence-electron chi connectivity index (χ2n) is 9.75. The molecule has 1 fully saturated rings. The van der Waals surface area contributed by atoms with Crippen LogP contribution in [-0.4, -0.2) is 117 Å². The molecule has 19 nitrogen and oxygen atoms in total. The van der Waals surface area contributed by atoms with Crippen molar-refractivity contribution in [2.75, 3.05) is 18.6 Å². The molecule has 1 amide bonds. The summed E-state index contributed by atoms with van der Waals surface area (Å²) in [6, 6.07) is -1.12. The maximum atomic E-state index is 13.8. The highest BCUT2D eigenvalue weighted by Gasteiger charge is 2.66. The number of thioether (sulfide) groups is 2. The minimum atomic E-state index is -2.00. The van der Waals surface area contributed by atoms with Crippen molar-refractivity contribution in [3.05, 3.63) is 29.0 Å². The predicted octanol–water partition coefficient (Wildman–Crippen LogP) is -1.40. The number of imidazole rings is 1. The first kappa shape index (κ1) is 34.7. The number of carboxylic acid groups (broad SMARTS) is 1. The molecule has 0 bridgehead atoms. The Morgan fingerprint density at radius 1 is 1.28 bits per heavy atom. The first-order valence-corrected chi connectivity index (χ1v) is 15.6. The number of aryl methyl sites for hydroxylation is 1. The largest absolute Gasteiger partial charge is 0.480 e. The highest BCUT2D eigenvalue weighted by molar-refractivity contribution is 8.01. The van der Waals surface area contributed by atoms with Gasteiger partial charge in [-0.3, -0.25) is 24.1 Å². The van der Waals surface area contributed by atoms with Gasteiger partial charge in [0.1, 0.15) is 22.9 Å². The summed E-state index contributed by atoms with van der Waals surface area (Å²) in [5, 5.41) is 22.9. The number of nitrogens with zero attached hydrogens (tertiary/aromatic N) is 6. The summed E-state index contributed by atoms with van der Waals surface area (Å²) in [4.78, 5) is 70.1. The Bertz CT molecular complexity index is 1560. The van der Waals surface area contributed by atoms with Crippen molar-refractivity contribution < 1.29 is 48.0 Å². The third kappa shape index (κ3) is 7.63. The van der Waals surface area contributed by atoms with E-state index in [1.165, 1.54) is 41.5 Å². The highest BCUT2D eigenvalue weighted by atomic mass is 32.2. The molecule has 4 rings (SSSR count).